The fourth-order valence-corrected chi connectivity index (χ4v) is 0.416. The molecule has 0 radical (unpaired) electrons. The fraction of sp³-hybridized carbons (Fsp3) is 0.667. The Bertz CT molecular complexity index is 120. The summed E-state index contributed by atoms with van der Waals surface area (Å²) in [4.78, 5) is 13.8. The summed E-state index contributed by atoms with van der Waals surface area (Å²) < 4.78 is 0. The summed E-state index contributed by atoms with van der Waals surface area (Å²) >= 11 is 0. The summed E-state index contributed by atoms with van der Waals surface area (Å²) in [5, 5.41) is 2.58. The standard InChI is InChI=1S/C6H12N2O/c1-5(7-3)6(2)8-4-9/h4,6H,1-3H3,(H,8,9). The third-order valence-electron chi connectivity index (χ3n) is 1.30. The Hall–Kier alpha value is -0.860. The maximum atomic E-state index is 9.87. The van der Waals surface area contributed by atoms with Gasteiger partial charge in [0.25, 0.3) is 0 Å². The average Bonchev–Trinajstić information content (AvgIpc) is 1.87. The topological polar surface area (TPSA) is 41.5 Å². The lowest BCUT2D eigenvalue weighted by molar-refractivity contribution is -0.109. The molecule has 1 N–H and O–H groups in total. The SMILES string of the molecule is CN=C(C)C(C)NC=O. The monoisotopic (exact) mass is 128 g/mol. The molecule has 0 fully saturated rings. The minimum atomic E-state index is 0.0625. The normalized spacial score (nSPS) is 14.8. The van der Waals surface area contributed by atoms with E-state index in [0.717, 1.165) is 5.71 Å². The van der Waals surface area contributed by atoms with Crippen molar-refractivity contribution >= 4 is 12.1 Å². The summed E-state index contributed by atoms with van der Waals surface area (Å²) in [5.74, 6) is 0. The number of hydrogen-bond acceptors (Lipinski definition) is 2. The molecule has 0 saturated carbocycles. The molecule has 0 saturated heterocycles. The maximum Gasteiger partial charge on any atom is 0.207 e. The van der Waals surface area contributed by atoms with Gasteiger partial charge >= 0.3 is 0 Å². The van der Waals surface area contributed by atoms with Crippen molar-refractivity contribution in [2.75, 3.05) is 7.05 Å². The van der Waals surface area contributed by atoms with Crippen molar-refractivity contribution in [2.24, 2.45) is 4.99 Å². The van der Waals surface area contributed by atoms with E-state index in [2.05, 4.69) is 10.3 Å². The molecule has 1 atom stereocenters. The molecule has 0 aromatic carbocycles. The van der Waals surface area contributed by atoms with Gasteiger partial charge in [0.05, 0.1) is 6.04 Å². The third-order valence-corrected chi connectivity index (χ3v) is 1.30. The average molecular weight is 128 g/mol. The van der Waals surface area contributed by atoms with Crippen LogP contribution in [0.1, 0.15) is 13.8 Å². The van der Waals surface area contributed by atoms with Crippen LogP contribution in [0.2, 0.25) is 0 Å². The first-order chi connectivity index (χ1) is 4.22. The zero-order chi connectivity index (χ0) is 7.28. The molecule has 1 amide bonds. The maximum absolute atomic E-state index is 9.87. The molecule has 0 aliphatic rings. The highest BCUT2D eigenvalue weighted by Crippen LogP contribution is 1.83. The first kappa shape index (κ1) is 8.14. The van der Waals surface area contributed by atoms with Gasteiger partial charge in [-0.15, -0.1) is 0 Å². The van der Waals surface area contributed by atoms with Crippen molar-refractivity contribution in [2.45, 2.75) is 19.9 Å². The number of aliphatic imine (C=N–C) groups is 1. The number of amides is 1. The van der Waals surface area contributed by atoms with E-state index >= 15 is 0 Å². The van der Waals surface area contributed by atoms with Crippen molar-refractivity contribution in [3.8, 4) is 0 Å². The Morgan fingerprint density at radius 1 is 1.78 bits per heavy atom. The largest absolute Gasteiger partial charge is 0.351 e. The lowest BCUT2D eigenvalue weighted by atomic mass is 10.2. The zero-order valence-electron chi connectivity index (χ0n) is 6.01. The second-order valence-corrected chi connectivity index (χ2v) is 1.87. The Balaban J connectivity index is 3.72. The van der Waals surface area contributed by atoms with Gasteiger partial charge in [0, 0.05) is 12.8 Å². The van der Waals surface area contributed by atoms with Gasteiger partial charge in [-0.25, -0.2) is 0 Å². The highest BCUT2D eigenvalue weighted by Gasteiger charge is 1.99. The van der Waals surface area contributed by atoms with Gasteiger partial charge < -0.3 is 5.32 Å². The number of carbonyl (C=O) groups is 1. The number of hydrogen-bond donors (Lipinski definition) is 1. The second-order valence-electron chi connectivity index (χ2n) is 1.87. The Labute approximate surface area is 55.2 Å². The number of rotatable bonds is 3. The Morgan fingerprint density at radius 2 is 2.33 bits per heavy atom. The first-order valence-corrected chi connectivity index (χ1v) is 2.85. The molecule has 3 nitrogen and oxygen atoms in total. The number of carbonyl (C=O) groups excluding carboxylic acids is 1. The molecular weight excluding hydrogens is 116 g/mol. The van der Waals surface area contributed by atoms with Gasteiger partial charge in [-0.1, -0.05) is 0 Å². The summed E-state index contributed by atoms with van der Waals surface area (Å²) in [6, 6.07) is 0.0625. The Kier molecular flexibility index (Phi) is 3.67. The number of nitrogens with one attached hydrogen (secondary N) is 1. The van der Waals surface area contributed by atoms with E-state index in [-0.39, 0.29) is 6.04 Å². The third kappa shape index (κ3) is 2.85. The van der Waals surface area contributed by atoms with Crippen LogP contribution in [0.5, 0.6) is 0 Å². The minimum absolute atomic E-state index is 0.0625. The van der Waals surface area contributed by atoms with Gasteiger partial charge in [-0.3, -0.25) is 9.79 Å². The van der Waals surface area contributed by atoms with E-state index in [4.69, 9.17) is 0 Å². The molecular formula is C6H12N2O. The second kappa shape index (κ2) is 4.06. The summed E-state index contributed by atoms with van der Waals surface area (Å²) in [7, 11) is 1.71. The number of nitrogens with zero attached hydrogens (tertiary/aromatic N) is 1. The van der Waals surface area contributed by atoms with Crippen molar-refractivity contribution in [3.63, 3.8) is 0 Å². The van der Waals surface area contributed by atoms with Gasteiger partial charge in [0.15, 0.2) is 0 Å². The lowest BCUT2D eigenvalue weighted by Gasteiger charge is -2.07. The van der Waals surface area contributed by atoms with Crippen LogP contribution in [0.3, 0.4) is 0 Å². The molecule has 52 valence electrons. The molecule has 0 heterocycles. The zero-order valence-corrected chi connectivity index (χ0v) is 6.01. The summed E-state index contributed by atoms with van der Waals surface area (Å²) in [5.41, 5.74) is 0.933. The summed E-state index contributed by atoms with van der Waals surface area (Å²) in [6.07, 6.45) is 0.680. The molecule has 0 aliphatic heterocycles. The lowest BCUT2D eigenvalue weighted by Crippen LogP contribution is -2.30. The molecule has 0 aromatic heterocycles. The smallest absolute Gasteiger partial charge is 0.207 e. The molecule has 0 spiro atoms. The van der Waals surface area contributed by atoms with Gasteiger partial charge in [0.1, 0.15) is 0 Å². The molecule has 0 aromatic rings. The van der Waals surface area contributed by atoms with Crippen LogP contribution in [0, 0.1) is 0 Å². The molecule has 0 bridgehead atoms. The van der Waals surface area contributed by atoms with Crippen LogP contribution in [-0.4, -0.2) is 25.2 Å². The van der Waals surface area contributed by atoms with E-state index in [1.807, 2.05) is 13.8 Å². The molecule has 3 heteroatoms. The van der Waals surface area contributed by atoms with E-state index in [0.29, 0.717) is 6.41 Å². The van der Waals surface area contributed by atoms with Crippen LogP contribution < -0.4 is 5.32 Å². The minimum Gasteiger partial charge on any atom is -0.351 e. The molecule has 9 heavy (non-hydrogen) atoms. The molecule has 1 unspecified atom stereocenters. The predicted octanol–water partition coefficient (Wildman–Crippen LogP) is 0.212. The summed E-state index contributed by atoms with van der Waals surface area (Å²) in [6.45, 7) is 3.76. The highest BCUT2D eigenvalue weighted by atomic mass is 16.1. The van der Waals surface area contributed by atoms with Crippen LogP contribution in [0.15, 0.2) is 4.99 Å². The van der Waals surface area contributed by atoms with Gasteiger partial charge in [0.2, 0.25) is 6.41 Å². The van der Waals surface area contributed by atoms with Gasteiger partial charge in [-0.05, 0) is 13.8 Å². The predicted molar refractivity (Wildman–Crippen MR) is 37.7 cm³/mol. The molecule has 0 aliphatic carbocycles. The first-order valence-electron chi connectivity index (χ1n) is 2.85. The highest BCUT2D eigenvalue weighted by molar-refractivity contribution is 5.88. The Morgan fingerprint density at radius 3 is 2.67 bits per heavy atom. The molecule has 0 rings (SSSR count). The van der Waals surface area contributed by atoms with Gasteiger partial charge in [-0.2, -0.15) is 0 Å². The van der Waals surface area contributed by atoms with Crippen molar-refractivity contribution in [1.82, 2.24) is 5.32 Å². The van der Waals surface area contributed by atoms with Crippen molar-refractivity contribution < 1.29 is 4.79 Å². The van der Waals surface area contributed by atoms with E-state index < -0.39 is 0 Å². The van der Waals surface area contributed by atoms with Crippen molar-refractivity contribution in [1.29, 1.82) is 0 Å². The van der Waals surface area contributed by atoms with E-state index in [1.54, 1.807) is 7.05 Å². The fourth-order valence-electron chi connectivity index (χ4n) is 0.416. The van der Waals surface area contributed by atoms with Crippen LogP contribution in [0.4, 0.5) is 0 Å². The van der Waals surface area contributed by atoms with E-state index in [1.165, 1.54) is 0 Å². The van der Waals surface area contributed by atoms with Crippen LogP contribution >= 0.6 is 0 Å². The van der Waals surface area contributed by atoms with Crippen molar-refractivity contribution in [3.05, 3.63) is 0 Å². The van der Waals surface area contributed by atoms with Crippen LogP contribution in [0.25, 0.3) is 0 Å². The van der Waals surface area contributed by atoms with Crippen LogP contribution in [-0.2, 0) is 4.79 Å². The van der Waals surface area contributed by atoms with E-state index in [9.17, 15) is 4.79 Å². The quantitative estimate of drug-likeness (QED) is 0.428.